The molecule has 0 aliphatic rings. The van der Waals surface area contributed by atoms with Crippen LogP contribution in [0.25, 0.3) is 0 Å². The number of nitrogens with one attached hydrogen (secondary N) is 2. The van der Waals surface area contributed by atoms with Gasteiger partial charge in [-0.15, -0.1) is 0 Å². The molecule has 0 radical (unpaired) electrons. The molecular formula is C20H25FN2O2. The summed E-state index contributed by atoms with van der Waals surface area (Å²) < 4.78 is 18.7. The van der Waals surface area contributed by atoms with Crippen LogP contribution in [-0.2, 0) is 4.79 Å². The zero-order valence-corrected chi connectivity index (χ0v) is 14.9. The number of halogens is 1. The van der Waals surface area contributed by atoms with E-state index in [2.05, 4.69) is 29.7 Å². The minimum atomic E-state index is -0.408. The van der Waals surface area contributed by atoms with Gasteiger partial charge in [-0.05, 0) is 36.1 Å². The van der Waals surface area contributed by atoms with Crippen molar-refractivity contribution in [3.8, 4) is 5.75 Å². The van der Waals surface area contributed by atoms with Crippen molar-refractivity contribution in [3.63, 3.8) is 0 Å². The molecule has 2 N–H and O–H groups in total. The van der Waals surface area contributed by atoms with E-state index >= 15 is 0 Å². The Labute approximate surface area is 148 Å². The summed E-state index contributed by atoms with van der Waals surface area (Å²) in [5, 5.41) is 6.03. The molecule has 0 spiro atoms. The first-order valence-corrected chi connectivity index (χ1v) is 8.39. The Bertz CT molecular complexity index is 691. The van der Waals surface area contributed by atoms with Crippen LogP contribution in [0.15, 0.2) is 48.5 Å². The van der Waals surface area contributed by atoms with E-state index in [0.717, 1.165) is 5.56 Å². The maximum Gasteiger partial charge on any atom is 0.233 e. The normalized spacial score (nSPS) is 13.1. The Kier molecular flexibility index (Phi) is 6.95. The number of rotatable bonds is 8. The van der Waals surface area contributed by atoms with Crippen LogP contribution < -0.4 is 15.4 Å². The van der Waals surface area contributed by atoms with Crippen molar-refractivity contribution in [2.75, 3.05) is 20.2 Å². The molecule has 2 aromatic rings. The van der Waals surface area contributed by atoms with Gasteiger partial charge in [0.15, 0.2) is 11.6 Å². The van der Waals surface area contributed by atoms with E-state index in [-0.39, 0.29) is 30.2 Å². The van der Waals surface area contributed by atoms with Crippen LogP contribution in [0, 0.1) is 5.82 Å². The first-order chi connectivity index (χ1) is 12.0. The summed E-state index contributed by atoms with van der Waals surface area (Å²) in [5.74, 6) is -0.0275. The van der Waals surface area contributed by atoms with E-state index in [1.165, 1.54) is 18.7 Å². The van der Waals surface area contributed by atoms with Gasteiger partial charge in [0, 0.05) is 12.6 Å². The summed E-state index contributed by atoms with van der Waals surface area (Å²) in [4.78, 5) is 12.0. The molecule has 0 aliphatic carbocycles. The zero-order valence-electron chi connectivity index (χ0n) is 14.9. The number of ether oxygens (including phenoxy) is 1. The lowest BCUT2D eigenvalue weighted by molar-refractivity contribution is -0.120. The minimum absolute atomic E-state index is 0.0800. The highest BCUT2D eigenvalue weighted by atomic mass is 19.1. The molecule has 0 heterocycles. The zero-order chi connectivity index (χ0) is 18.2. The summed E-state index contributed by atoms with van der Waals surface area (Å²) in [6.45, 7) is 4.72. The molecule has 2 aromatic carbocycles. The van der Waals surface area contributed by atoms with Crippen molar-refractivity contribution in [1.82, 2.24) is 10.6 Å². The molecular weight excluding hydrogens is 319 g/mol. The molecule has 134 valence electrons. The molecule has 2 atom stereocenters. The Balaban J connectivity index is 1.78. The average molecular weight is 344 g/mol. The van der Waals surface area contributed by atoms with E-state index in [9.17, 15) is 9.18 Å². The van der Waals surface area contributed by atoms with Crippen LogP contribution in [0.3, 0.4) is 0 Å². The lowest BCUT2D eigenvalue weighted by Gasteiger charge is -2.16. The SMILES string of the molecule is COc1ccc(C(C)NCC(=O)NCC(C)c2ccccc2)cc1F. The fraction of sp³-hybridized carbons (Fsp3) is 0.350. The molecule has 1 amide bonds. The summed E-state index contributed by atoms with van der Waals surface area (Å²) in [5.41, 5.74) is 1.96. The molecule has 5 heteroatoms. The smallest absolute Gasteiger partial charge is 0.233 e. The van der Waals surface area contributed by atoms with Gasteiger partial charge >= 0.3 is 0 Å². The third kappa shape index (κ3) is 5.57. The van der Waals surface area contributed by atoms with Gasteiger partial charge in [0.2, 0.25) is 5.91 Å². The van der Waals surface area contributed by atoms with E-state index in [4.69, 9.17) is 4.74 Å². The second-order valence-electron chi connectivity index (χ2n) is 6.11. The van der Waals surface area contributed by atoms with Gasteiger partial charge in [-0.3, -0.25) is 4.79 Å². The molecule has 2 rings (SSSR count). The van der Waals surface area contributed by atoms with Crippen molar-refractivity contribution in [3.05, 3.63) is 65.5 Å². The van der Waals surface area contributed by atoms with Gasteiger partial charge < -0.3 is 15.4 Å². The van der Waals surface area contributed by atoms with E-state index in [1.807, 2.05) is 25.1 Å². The van der Waals surface area contributed by atoms with Gasteiger partial charge in [0.25, 0.3) is 0 Å². The standard InChI is InChI=1S/C20H25FN2O2/c1-14(16-7-5-4-6-8-16)12-23-20(24)13-22-15(2)17-9-10-19(25-3)18(21)11-17/h4-11,14-15,22H,12-13H2,1-3H3,(H,23,24). The third-order valence-electron chi connectivity index (χ3n) is 4.22. The van der Waals surface area contributed by atoms with Crippen molar-refractivity contribution in [2.24, 2.45) is 0 Å². The first kappa shape index (κ1) is 18.9. The first-order valence-electron chi connectivity index (χ1n) is 8.39. The van der Waals surface area contributed by atoms with Crippen LogP contribution in [0.5, 0.6) is 5.75 Å². The fourth-order valence-electron chi connectivity index (χ4n) is 2.54. The topological polar surface area (TPSA) is 50.4 Å². The maximum absolute atomic E-state index is 13.7. The Morgan fingerprint density at radius 1 is 1.12 bits per heavy atom. The number of carbonyl (C=O) groups excluding carboxylic acids is 1. The van der Waals surface area contributed by atoms with Crippen molar-refractivity contribution < 1.29 is 13.9 Å². The molecule has 0 aliphatic heterocycles. The fourth-order valence-corrected chi connectivity index (χ4v) is 2.54. The number of hydrogen-bond donors (Lipinski definition) is 2. The number of amides is 1. The lowest BCUT2D eigenvalue weighted by atomic mass is 10.0. The molecule has 2 unspecified atom stereocenters. The quantitative estimate of drug-likeness (QED) is 0.772. The van der Waals surface area contributed by atoms with Crippen LogP contribution >= 0.6 is 0 Å². The Hall–Kier alpha value is -2.40. The van der Waals surface area contributed by atoms with Gasteiger partial charge in [0.1, 0.15) is 0 Å². The molecule has 0 saturated carbocycles. The summed E-state index contributed by atoms with van der Waals surface area (Å²) in [6.07, 6.45) is 0. The summed E-state index contributed by atoms with van der Waals surface area (Å²) in [7, 11) is 1.43. The largest absolute Gasteiger partial charge is 0.494 e. The van der Waals surface area contributed by atoms with Crippen molar-refractivity contribution in [1.29, 1.82) is 0 Å². The van der Waals surface area contributed by atoms with Crippen LogP contribution in [0.2, 0.25) is 0 Å². The number of benzene rings is 2. The highest BCUT2D eigenvalue weighted by Gasteiger charge is 2.12. The van der Waals surface area contributed by atoms with Gasteiger partial charge in [-0.1, -0.05) is 43.3 Å². The molecule has 0 fully saturated rings. The molecule has 0 aromatic heterocycles. The number of carbonyl (C=O) groups is 1. The monoisotopic (exact) mass is 344 g/mol. The van der Waals surface area contributed by atoms with E-state index in [1.54, 1.807) is 12.1 Å². The van der Waals surface area contributed by atoms with Crippen LogP contribution in [0.4, 0.5) is 4.39 Å². The second kappa shape index (κ2) is 9.18. The molecule has 4 nitrogen and oxygen atoms in total. The Morgan fingerprint density at radius 3 is 2.48 bits per heavy atom. The van der Waals surface area contributed by atoms with Crippen LogP contribution in [-0.4, -0.2) is 26.1 Å². The second-order valence-corrected chi connectivity index (χ2v) is 6.11. The van der Waals surface area contributed by atoms with E-state index < -0.39 is 5.82 Å². The summed E-state index contributed by atoms with van der Waals surface area (Å²) >= 11 is 0. The lowest BCUT2D eigenvalue weighted by Crippen LogP contribution is -2.36. The number of methoxy groups -OCH3 is 1. The highest BCUT2D eigenvalue weighted by molar-refractivity contribution is 5.78. The van der Waals surface area contributed by atoms with Gasteiger partial charge in [-0.2, -0.15) is 0 Å². The van der Waals surface area contributed by atoms with Gasteiger partial charge in [0.05, 0.1) is 13.7 Å². The predicted molar refractivity (Wildman–Crippen MR) is 97.2 cm³/mol. The maximum atomic E-state index is 13.7. The highest BCUT2D eigenvalue weighted by Crippen LogP contribution is 2.21. The van der Waals surface area contributed by atoms with Crippen LogP contribution in [0.1, 0.15) is 36.9 Å². The third-order valence-corrected chi connectivity index (χ3v) is 4.22. The van der Waals surface area contributed by atoms with Crippen molar-refractivity contribution in [2.45, 2.75) is 25.8 Å². The van der Waals surface area contributed by atoms with Crippen molar-refractivity contribution >= 4 is 5.91 Å². The molecule has 0 saturated heterocycles. The van der Waals surface area contributed by atoms with E-state index in [0.29, 0.717) is 6.54 Å². The minimum Gasteiger partial charge on any atom is -0.494 e. The predicted octanol–water partition coefficient (Wildman–Crippen LogP) is 3.40. The Morgan fingerprint density at radius 2 is 1.84 bits per heavy atom. The summed E-state index contributed by atoms with van der Waals surface area (Å²) in [6, 6.07) is 14.7. The number of hydrogen-bond acceptors (Lipinski definition) is 3. The molecule has 0 bridgehead atoms. The van der Waals surface area contributed by atoms with Gasteiger partial charge in [-0.25, -0.2) is 4.39 Å². The average Bonchev–Trinajstić information content (AvgIpc) is 2.64. The molecule has 25 heavy (non-hydrogen) atoms.